The highest BCUT2D eigenvalue weighted by Gasteiger charge is 2.41. The summed E-state index contributed by atoms with van der Waals surface area (Å²) in [6.45, 7) is 2.49. The first-order valence-corrected chi connectivity index (χ1v) is 10.7. The van der Waals surface area contributed by atoms with Crippen molar-refractivity contribution < 1.29 is 17.9 Å². The van der Waals surface area contributed by atoms with Gasteiger partial charge in [-0.3, -0.25) is 4.79 Å². The van der Waals surface area contributed by atoms with Crippen molar-refractivity contribution in [2.24, 2.45) is 0 Å². The standard InChI is InChI=1S/C16H22N2O4S2/c1-23-13-4-6-14(7-5-13)24(20,21)18-8-2-3-15(18)16(19)17-9-11-22-12-10-17/h4-7,15H,2-3,8-12H2,1H3/t15-/m0/s1. The van der Waals surface area contributed by atoms with Gasteiger partial charge in [-0.15, -0.1) is 11.8 Å². The number of nitrogens with zero attached hydrogens (tertiary/aromatic N) is 2. The second-order valence-electron chi connectivity index (χ2n) is 5.89. The fourth-order valence-corrected chi connectivity index (χ4v) is 5.21. The molecule has 132 valence electrons. The quantitative estimate of drug-likeness (QED) is 0.750. The van der Waals surface area contributed by atoms with Crippen molar-refractivity contribution in [1.82, 2.24) is 9.21 Å². The Hall–Kier alpha value is -1.09. The lowest BCUT2D eigenvalue weighted by Gasteiger charge is -2.32. The molecule has 1 aromatic carbocycles. The zero-order chi connectivity index (χ0) is 17.2. The summed E-state index contributed by atoms with van der Waals surface area (Å²) in [6.07, 6.45) is 3.24. The molecule has 1 atom stereocenters. The Balaban J connectivity index is 1.81. The van der Waals surface area contributed by atoms with E-state index < -0.39 is 16.1 Å². The van der Waals surface area contributed by atoms with Gasteiger partial charge in [-0.05, 0) is 43.4 Å². The zero-order valence-electron chi connectivity index (χ0n) is 13.7. The Bertz CT molecular complexity index is 685. The third-order valence-electron chi connectivity index (χ3n) is 4.48. The van der Waals surface area contributed by atoms with Gasteiger partial charge in [0.1, 0.15) is 6.04 Å². The molecule has 24 heavy (non-hydrogen) atoms. The van der Waals surface area contributed by atoms with E-state index in [0.717, 1.165) is 4.90 Å². The number of ether oxygens (including phenoxy) is 1. The third-order valence-corrected chi connectivity index (χ3v) is 7.14. The van der Waals surface area contributed by atoms with E-state index in [1.54, 1.807) is 40.9 Å². The van der Waals surface area contributed by atoms with Crippen molar-refractivity contribution in [3.8, 4) is 0 Å². The molecule has 2 aliphatic heterocycles. The van der Waals surface area contributed by atoms with Crippen molar-refractivity contribution in [2.75, 3.05) is 39.1 Å². The van der Waals surface area contributed by atoms with Crippen LogP contribution in [0, 0.1) is 0 Å². The molecule has 8 heteroatoms. The van der Waals surface area contributed by atoms with Crippen LogP contribution < -0.4 is 0 Å². The summed E-state index contributed by atoms with van der Waals surface area (Å²) >= 11 is 1.56. The monoisotopic (exact) mass is 370 g/mol. The highest BCUT2D eigenvalue weighted by Crippen LogP contribution is 2.28. The normalized spacial score (nSPS) is 22.7. The topological polar surface area (TPSA) is 66.9 Å². The second kappa shape index (κ2) is 7.43. The van der Waals surface area contributed by atoms with Gasteiger partial charge in [-0.2, -0.15) is 4.31 Å². The lowest BCUT2D eigenvalue weighted by Crippen LogP contribution is -2.50. The average Bonchev–Trinajstić information content (AvgIpc) is 3.12. The Kier molecular flexibility index (Phi) is 5.49. The first-order valence-electron chi connectivity index (χ1n) is 8.06. The predicted molar refractivity (Wildman–Crippen MR) is 92.5 cm³/mol. The van der Waals surface area contributed by atoms with Crippen LogP contribution in [0.2, 0.25) is 0 Å². The Morgan fingerprint density at radius 3 is 2.46 bits per heavy atom. The Morgan fingerprint density at radius 1 is 1.17 bits per heavy atom. The summed E-state index contributed by atoms with van der Waals surface area (Å²) in [5.74, 6) is -0.0971. The summed E-state index contributed by atoms with van der Waals surface area (Å²) in [6, 6.07) is 6.25. The number of hydrogen-bond donors (Lipinski definition) is 0. The molecule has 2 fully saturated rings. The minimum atomic E-state index is -3.65. The van der Waals surface area contributed by atoms with Crippen LogP contribution in [0.1, 0.15) is 12.8 Å². The van der Waals surface area contributed by atoms with E-state index >= 15 is 0 Å². The van der Waals surface area contributed by atoms with Crippen LogP contribution in [0.3, 0.4) is 0 Å². The van der Waals surface area contributed by atoms with Crippen molar-refractivity contribution in [1.29, 1.82) is 0 Å². The number of morpholine rings is 1. The smallest absolute Gasteiger partial charge is 0.243 e. The predicted octanol–water partition coefficient (Wildman–Crippen LogP) is 1.42. The molecule has 6 nitrogen and oxygen atoms in total. The van der Waals surface area contributed by atoms with Gasteiger partial charge in [0.15, 0.2) is 0 Å². The minimum absolute atomic E-state index is 0.0971. The highest BCUT2D eigenvalue weighted by molar-refractivity contribution is 7.98. The molecule has 0 saturated carbocycles. The number of carbonyl (C=O) groups is 1. The molecule has 2 aliphatic rings. The van der Waals surface area contributed by atoms with Crippen molar-refractivity contribution in [3.63, 3.8) is 0 Å². The summed E-state index contributed by atoms with van der Waals surface area (Å²) in [7, 11) is -3.65. The number of carbonyl (C=O) groups excluding carboxylic acids is 1. The average molecular weight is 370 g/mol. The maximum atomic E-state index is 13.0. The number of benzene rings is 1. The molecule has 3 rings (SSSR count). The molecule has 0 spiro atoms. The summed E-state index contributed by atoms with van der Waals surface area (Å²) < 4.78 is 32.6. The molecule has 0 radical (unpaired) electrons. The summed E-state index contributed by atoms with van der Waals surface area (Å²) in [5.41, 5.74) is 0. The summed E-state index contributed by atoms with van der Waals surface area (Å²) in [4.78, 5) is 15.7. The van der Waals surface area contributed by atoms with Crippen LogP contribution in [0.15, 0.2) is 34.1 Å². The molecule has 0 bridgehead atoms. The van der Waals surface area contributed by atoms with Gasteiger partial charge < -0.3 is 9.64 Å². The lowest BCUT2D eigenvalue weighted by atomic mass is 10.2. The first-order chi connectivity index (χ1) is 11.5. The number of thioether (sulfide) groups is 1. The molecule has 0 aromatic heterocycles. The van der Waals surface area contributed by atoms with Crippen LogP contribution in [0.25, 0.3) is 0 Å². The number of hydrogen-bond acceptors (Lipinski definition) is 5. The van der Waals surface area contributed by atoms with Crippen LogP contribution in [-0.2, 0) is 19.6 Å². The Morgan fingerprint density at radius 2 is 1.83 bits per heavy atom. The van der Waals surface area contributed by atoms with Gasteiger partial charge >= 0.3 is 0 Å². The molecule has 0 N–H and O–H groups in total. The molecule has 1 aromatic rings. The van der Waals surface area contributed by atoms with Gasteiger partial charge in [-0.25, -0.2) is 8.42 Å². The van der Waals surface area contributed by atoms with Crippen molar-refractivity contribution in [2.45, 2.75) is 28.7 Å². The highest BCUT2D eigenvalue weighted by atomic mass is 32.2. The van der Waals surface area contributed by atoms with E-state index in [1.807, 2.05) is 6.26 Å². The third kappa shape index (κ3) is 3.46. The SMILES string of the molecule is CSc1ccc(S(=O)(=O)N2CCC[C@H]2C(=O)N2CCOCC2)cc1. The second-order valence-corrected chi connectivity index (χ2v) is 8.66. The van der Waals surface area contributed by atoms with E-state index in [-0.39, 0.29) is 10.8 Å². The molecular formula is C16H22N2O4S2. The lowest BCUT2D eigenvalue weighted by molar-refractivity contribution is -0.138. The number of rotatable bonds is 4. The largest absolute Gasteiger partial charge is 0.378 e. The van der Waals surface area contributed by atoms with Crippen LogP contribution in [0.4, 0.5) is 0 Å². The molecule has 1 amide bonds. The molecule has 0 unspecified atom stereocenters. The molecule has 2 saturated heterocycles. The zero-order valence-corrected chi connectivity index (χ0v) is 15.3. The van der Waals surface area contributed by atoms with Crippen molar-refractivity contribution >= 4 is 27.7 Å². The fourth-order valence-electron chi connectivity index (χ4n) is 3.15. The molecule has 0 aliphatic carbocycles. The van der Waals surface area contributed by atoms with Gasteiger partial charge in [0.25, 0.3) is 0 Å². The molecular weight excluding hydrogens is 348 g/mol. The van der Waals surface area contributed by atoms with E-state index in [4.69, 9.17) is 4.74 Å². The summed E-state index contributed by atoms with van der Waals surface area (Å²) in [5, 5.41) is 0. The van der Waals surface area contributed by atoms with Crippen molar-refractivity contribution in [3.05, 3.63) is 24.3 Å². The first kappa shape index (κ1) is 17.7. The van der Waals surface area contributed by atoms with E-state index in [9.17, 15) is 13.2 Å². The van der Waals surface area contributed by atoms with Crippen LogP contribution in [-0.4, -0.2) is 68.7 Å². The number of sulfonamides is 1. The van der Waals surface area contributed by atoms with Gasteiger partial charge in [-0.1, -0.05) is 0 Å². The molecule has 2 heterocycles. The fraction of sp³-hybridized carbons (Fsp3) is 0.562. The van der Waals surface area contributed by atoms with E-state index in [0.29, 0.717) is 45.7 Å². The maximum absolute atomic E-state index is 13.0. The van der Waals surface area contributed by atoms with Gasteiger partial charge in [0.05, 0.1) is 18.1 Å². The van der Waals surface area contributed by atoms with Crippen LogP contribution >= 0.6 is 11.8 Å². The maximum Gasteiger partial charge on any atom is 0.243 e. The Labute approximate surface area is 147 Å². The van der Waals surface area contributed by atoms with Gasteiger partial charge in [0, 0.05) is 24.5 Å². The van der Waals surface area contributed by atoms with Crippen LogP contribution in [0.5, 0.6) is 0 Å². The van der Waals surface area contributed by atoms with E-state index in [2.05, 4.69) is 0 Å². The minimum Gasteiger partial charge on any atom is -0.378 e. The number of amides is 1. The van der Waals surface area contributed by atoms with Gasteiger partial charge in [0.2, 0.25) is 15.9 Å². The van der Waals surface area contributed by atoms with E-state index in [1.165, 1.54) is 4.31 Å².